The number of nitriles is 1. The van der Waals surface area contributed by atoms with Crippen molar-refractivity contribution in [2.24, 2.45) is 0 Å². The molecule has 0 aliphatic carbocycles. The molecule has 1 amide bonds. The van der Waals surface area contributed by atoms with Crippen molar-refractivity contribution in [1.82, 2.24) is 14.6 Å². The third-order valence-electron chi connectivity index (χ3n) is 3.57. The Morgan fingerprint density at radius 2 is 2.12 bits per heavy atom. The minimum atomic E-state index is -3.57. The van der Waals surface area contributed by atoms with E-state index in [1.54, 1.807) is 19.9 Å². The van der Waals surface area contributed by atoms with Crippen molar-refractivity contribution in [3.05, 3.63) is 18.2 Å². The summed E-state index contributed by atoms with van der Waals surface area (Å²) >= 11 is 1.11. The highest BCUT2D eigenvalue weighted by Gasteiger charge is 2.22. The molecule has 8 nitrogen and oxygen atoms in total. The molecular weight excluding hydrogens is 376 g/mol. The standard InChI is InChI=1S/C16H20N4O4S2/c1-3-20(4-2)26(22,23)12-6-7-14-13(10-12)19-16(24-14)25-11-15(21)18-9-5-8-17/h6-7,10H,3-5,9,11H2,1-2H3,(H,18,21). The summed E-state index contributed by atoms with van der Waals surface area (Å²) < 4.78 is 32.0. The first-order valence-electron chi connectivity index (χ1n) is 8.09. The van der Waals surface area contributed by atoms with Crippen molar-refractivity contribution in [2.45, 2.75) is 30.4 Å². The molecule has 0 bridgehead atoms. The summed E-state index contributed by atoms with van der Waals surface area (Å²) in [7, 11) is -3.57. The fraction of sp³-hybridized carbons (Fsp3) is 0.438. The van der Waals surface area contributed by atoms with E-state index in [4.69, 9.17) is 9.68 Å². The van der Waals surface area contributed by atoms with Crippen LogP contribution in [0.3, 0.4) is 0 Å². The summed E-state index contributed by atoms with van der Waals surface area (Å²) in [4.78, 5) is 16.0. The number of amides is 1. The van der Waals surface area contributed by atoms with Crippen LogP contribution in [0.1, 0.15) is 20.3 Å². The Hall–Kier alpha value is -2.09. The van der Waals surface area contributed by atoms with Crippen molar-refractivity contribution in [2.75, 3.05) is 25.4 Å². The second kappa shape index (κ2) is 9.02. The first-order chi connectivity index (χ1) is 12.4. The van der Waals surface area contributed by atoms with Gasteiger partial charge in [0.1, 0.15) is 5.52 Å². The number of hydrogen-bond acceptors (Lipinski definition) is 7. The van der Waals surface area contributed by atoms with Crippen molar-refractivity contribution >= 4 is 38.8 Å². The molecule has 1 heterocycles. The number of carbonyl (C=O) groups is 1. The van der Waals surface area contributed by atoms with E-state index < -0.39 is 10.0 Å². The van der Waals surface area contributed by atoms with Crippen LogP contribution in [0.15, 0.2) is 32.7 Å². The Kier molecular flexibility index (Phi) is 7.02. The van der Waals surface area contributed by atoms with Crippen LogP contribution >= 0.6 is 11.8 Å². The number of nitrogens with one attached hydrogen (secondary N) is 1. The number of sulfonamides is 1. The molecule has 2 aromatic rings. The Balaban J connectivity index is 2.12. The van der Waals surface area contributed by atoms with E-state index >= 15 is 0 Å². The van der Waals surface area contributed by atoms with Gasteiger partial charge in [-0.2, -0.15) is 9.57 Å². The van der Waals surface area contributed by atoms with Crippen molar-refractivity contribution < 1.29 is 17.6 Å². The zero-order valence-corrected chi connectivity index (χ0v) is 16.2. The fourth-order valence-corrected chi connectivity index (χ4v) is 4.40. The largest absolute Gasteiger partial charge is 0.431 e. The van der Waals surface area contributed by atoms with Crippen molar-refractivity contribution in [3.8, 4) is 6.07 Å². The van der Waals surface area contributed by atoms with Gasteiger partial charge in [-0.3, -0.25) is 4.79 Å². The molecule has 0 saturated heterocycles. The molecular formula is C16H20N4O4S2. The first kappa shape index (κ1) is 20.2. The van der Waals surface area contributed by atoms with Gasteiger partial charge in [-0.1, -0.05) is 25.6 Å². The summed E-state index contributed by atoms with van der Waals surface area (Å²) in [6.07, 6.45) is 0.253. The van der Waals surface area contributed by atoms with Crippen LogP contribution in [0, 0.1) is 11.3 Å². The van der Waals surface area contributed by atoms with Crippen molar-refractivity contribution in [1.29, 1.82) is 5.26 Å². The molecule has 0 spiro atoms. The number of rotatable bonds is 9. The third-order valence-corrected chi connectivity index (χ3v) is 6.44. The predicted molar refractivity (Wildman–Crippen MR) is 98.1 cm³/mol. The van der Waals surface area contributed by atoms with Gasteiger partial charge < -0.3 is 9.73 Å². The molecule has 0 atom stereocenters. The lowest BCUT2D eigenvalue weighted by atomic mass is 10.3. The highest BCUT2D eigenvalue weighted by atomic mass is 32.2. The molecule has 1 aromatic heterocycles. The summed E-state index contributed by atoms with van der Waals surface area (Å²) in [6.45, 7) is 4.64. The molecule has 0 radical (unpaired) electrons. The number of aromatic nitrogens is 1. The predicted octanol–water partition coefficient (Wildman–Crippen LogP) is 1.98. The Labute approximate surface area is 156 Å². The third kappa shape index (κ3) is 4.75. The number of hydrogen-bond donors (Lipinski definition) is 1. The molecule has 10 heteroatoms. The average molecular weight is 396 g/mol. The van der Waals surface area contributed by atoms with E-state index in [0.29, 0.717) is 30.7 Å². The Morgan fingerprint density at radius 3 is 2.77 bits per heavy atom. The number of benzene rings is 1. The Morgan fingerprint density at radius 1 is 1.38 bits per heavy atom. The number of oxazole rings is 1. The fourth-order valence-electron chi connectivity index (χ4n) is 2.26. The molecule has 1 N–H and O–H groups in total. The van der Waals surface area contributed by atoms with Crippen LogP contribution in [0.2, 0.25) is 0 Å². The van der Waals surface area contributed by atoms with Gasteiger partial charge in [0, 0.05) is 19.6 Å². The normalized spacial score (nSPS) is 11.6. The number of carbonyl (C=O) groups excluding carboxylic acids is 1. The summed E-state index contributed by atoms with van der Waals surface area (Å²) in [6, 6.07) is 6.47. The topological polar surface area (TPSA) is 116 Å². The van der Waals surface area contributed by atoms with Gasteiger partial charge in [0.15, 0.2) is 5.58 Å². The van der Waals surface area contributed by atoms with Gasteiger partial charge in [-0.15, -0.1) is 0 Å². The molecule has 0 aliphatic rings. The highest BCUT2D eigenvalue weighted by Crippen LogP contribution is 2.26. The number of thioether (sulfide) groups is 1. The molecule has 0 aliphatic heterocycles. The monoisotopic (exact) mass is 396 g/mol. The highest BCUT2D eigenvalue weighted by molar-refractivity contribution is 7.99. The van der Waals surface area contributed by atoms with Crippen molar-refractivity contribution in [3.63, 3.8) is 0 Å². The maximum Gasteiger partial charge on any atom is 0.257 e. The molecule has 2 rings (SSSR count). The van der Waals surface area contributed by atoms with E-state index in [-0.39, 0.29) is 28.2 Å². The van der Waals surface area contributed by atoms with E-state index in [9.17, 15) is 13.2 Å². The lowest BCUT2D eigenvalue weighted by Gasteiger charge is -2.18. The number of nitrogens with zero attached hydrogens (tertiary/aromatic N) is 3. The summed E-state index contributed by atoms with van der Waals surface area (Å²) in [5, 5.41) is 11.3. The lowest BCUT2D eigenvalue weighted by molar-refractivity contribution is -0.118. The first-order valence-corrected chi connectivity index (χ1v) is 10.5. The van der Waals surface area contributed by atoms with Crippen LogP contribution in [0.5, 0.6) is 0 Å². The lowest BCUT2D eigenvalue weighted by Crippen LogP contribution is -2.30. The van der Waals surface area contributed by atoms with Gasteiger partial charge >= 0.3 is 0 Å². The SMILES string of the molecule is CCN(CC)S(=O)(=O)c1ccc2oc(SCC(=O)NCCC#N)nc2c1. The van der Waals surface area contributed by atoms with Crippen LogP contribution in [-0.2, 0) is 14.8 Å². The molecule has 0 fully saturated rings. The smallest absolute Gasteiger partial charge is 0.257 e. The van der Waals surface area contributed by atoms with E-state index in [0.717, 1.165) is 11.8 Å². The maximum absolute atomic E-state index is 12.6. The van der Waals surface area contributed by atoms with E-state index in [1.807, 2.05) is 6.07 Å². The minimum Gasteiger partial charge on any atom is -0.431 e. The second-order valence-electron chi connectivity index (χ2n) is 5.25. The molecule has 0 saturated carbocycles. The van der Waals surface area contributed by atoms with Gasteiger partial charge in [0.25, 0.3) is 5.22 Å². The molecule has 1 aromatic carbocycles. The Bertz CT molecular complexity index is 914. The molecule has 140 valence electrons. The van der Waals surface area contributed by atoms with Crippen LogP contribution in [-0.4, -0.2) is 49.0 Å². The zero-order chi connectivity index (χ0) is 19.2. The van der Waals surface area contributed by atoms with E-state index in [2.05, 4.69) is 10.3 Å². The maximum atomic E-state index is 12.6. The van der Waals surface area contributed by atoms with Gasteiger partial charge in [-0.05, 0) is 18.2 Å². The van der Waals surface area contributed by atoms with E-state index in [1.165, 1.54) is 16.4 Å². The van der Waals surface area contributed by atoms with Gasteiger partial charge in [-0.25, -0.2) is 13.4 Å². The summed E-state index contributed by atoms with van der Waals surface area (Å²) in [5.41, 5.74) is 0.876. The van der Waals surface area contributed by atoms with Gasteiger partial charge in [0.05, 0.1) is 23.1 Å². The quantitative estimate of drug-likeness (QED) is 0.509. The molecule has 26 heavy (non-hydrogen) atoms. The average Bonchev–Trinajstić information content (AvgIpc) is 3.03. The second-order valence-corrected chi connectivity index (χ2v) is 8.11. The van der Waals surface area contributed by atoms with Gasteiger partial charge in [0.2, 0.25) is 15.9 Å². The van der Waals surface area contributed by atoms with Crippen LogP contribution < -0.4 is 5.32 Å². The zero-order valence-electron chi connectivity index (χ0n) is 14.6. The van der Waals surface area contributed by atoms with Crippen LogP contribution in [0.25, 0.3) is 11.1 Å². The number of fused-ring (bicyclic) bond motifs is 1. The summed E-state index contributed by atoms with van der Waals surface area (Å²) in [5.74, 6) is -0.125. The molecule has 0 unspecified atom stereocenters. The van der Waals surface area contributed by atoms with Crippen LogP contribution in [0.4, 0.5) is 0 Å². The minimum absolute atomic E-state index is 0.100.